The molecule has 0 spiro atoms. The van der Waals surface area contributed by atoms with E-state index in [4.69, 9.17) is 4.74 Å². The second-order valence-electron chi connectivity index (χ2n) is 8.88. The molecule has 2 aliphatic heterocycles. The second kappa shape index (κ2) is 10.2. The van der Waals surface area contributed by atoms with Crippen LogP contribution in [0, 0.1) is 0 Å². The van der Waals surface area contributed by atoms with Gasteiger partial charge in [-0.05, 0) is 42.0 Å². The van der Waals surface area contributed by atoms with Gasteiger partial charge in [-0.25, -0.2) is 13.4 Å². The van der Waals surface area contributed by atoms with Crippen molar-refractivity contribution in [1.29, 1.82) is 0 Å². The number of alkyl halides is 3. The molecule has 13 heteroatoms. The first-order chi connectivity index (χ1) is 18.5. The minimum absolute atomic E-state index is 0.0513. The first kappa shape index (κ1) is 26.9. The Balaban J connectivity index is 1.62. The average molecular weight is 562 g/mol. The molecule has 0 radical (unpaired) electrons. The topological polar surface area (TPSA) is 117 Å². The van der Waals surface area contributed by atoms with E-state index in [0.29, 0.717) is 5.56 Å². The number of halogens is 3. The van der Waals surface area contributed by atoms with Crippen LogP contribution in [-0.2, 0) is 20.9 Å². The van der Waals surface area contributed by atoms with Gasteiger partial charge in [0.1, 0.15) is 0 Å². The van der Waals surface area contributed by atoms with Gasteiger partial charge in [0.25, 0.3) is 11.8 Å². The number of pyridine rings is 1. The Labute approximate surface area is 221 Å². The fourth-order valence-electron chi connectivity index (χ4n) is 4.54. The second-order valence-corrected chi connectivity index (χ2v) is 10.8. The molecule has 2 aromatic carbocycles. The predicted molar refractivity (Wildman–Crippen MR) is 134 cm³/mol. The molecule has 2 aliphatic rings. The number of aliphatic hydroxyl groups excluding tert-OH is 1. The van der Waals surface area contributed by atoms with E-state index in [0.717, 1.165) is 17.0 Å². The van der Waals surface area contributed by atoms with E-state index in [-0.39, 0.29) is 65.5 Å². The van der Waals surface area contributed by atoms with Crippen LogP contribution >= 0.6 is 0 Å². The smallest absolute Gasteiger partial charge is 0.395 e. The van der Waals surface area contributed by atoms with Crippen molar-refractivity contribution in [1.82, 2.24) is 14.2 Å². The third kappa shape index (κ3) is 4.93. The first-order valence-corrected chi connectivity index (χ1v) is 13.3. The molecule has 0 unspecified atom stereocenters. The van der Waals surface area contributed by atoms with Crippen molar-refractivity contribution in [2.24, 2.45) is 0 Å². The molecule has 0 atom stereocenters. The molecule has 0 saturated carbocycles. The molecule has 39 heavy (non-hydrogen) atoms. The minimum Gasteiger partial charge on any atom is -0.395 e. The zero-order chi connectivity index (χ0) is 27.9. The number of sulfonamides is 1. The number of imide groups is 1. The standard InChI is InChI=1S/C26H22F3N3O6S/c27-26(28,29)17-4-1-16(2-5-17)3-7-21-23-22(24(34)32(9-12-33)25(23)35)19-15-18(6-8-20(19)30-21)39(36,37)31-10-13-38-14-11-31/h1-8,15,33H,9-14H2/b7-3+. The van der Waals surface area contributed by atoms with E-state index in [1.807, 2.05) is 0 Å². The summed E-state index contributed by atoms with van der Waals surface area (Å²) in [5.74, 6) is -1.42. The van der Waals surface area contributed by atoms with Crippen molar-refractivity contribution in [3.05, 3.63) is 70.4 Å². The lowest BCUT2D eigenvalue weighted by Gasteiger charge is -2.26. The van der Waals surface area contributed by atoms with Crippen LogP contribution in [0.25, 0.3) is 23.1 Å². The largest absolute Gasteiger partial charge is 0.416 e. The summed E-state index contributed by atoms with van der Waals surface area (Å²) >= 11 is 0. The molecular formula is C26H22F3N3O6S. The number of aliphatic hydroxyl groups is 1. The van der Waals surface area contributed by atoms with E-state index in [2.05, 4.69) is 4.98 Å². The van der Waals surface area contributed by atoms with Crippen LogP contribution in [0.5, 0.6) is 0 Å². The molecular weight excluding hydrogens is 539 g/mol. The quantitative estimate of drug-likeness (QED) is 0.460. The molecule has 3 heterocycles. The Morgan fingerprint density at radius 3 is 2.28 bits per heavy atom. The molecule has 1 N–H and O–H groups in total. The van der Waals surface area contributed by atoms with E-state index in [1.165, 1.54) is 46.8 Å². The maximum Gasteiger partial charge on any atom is 0.416 e. The van der Waals surface area contributed by atoms with Gasteiger partial charge >= 0.3 is 6.18 Å². The van der Waals surface area contributed by atoms with Crippen molar-refractivity contribution in [3.63, 3.8) is 0 Å². The number of carbonyl (C=O) groups is 2. The first-order valence-electron chi connectivity index (χ1n) is 11.9. The lowest BCUT2D eigenvalue weighted by Crippen LogP contribution is -2.40. The molecule has 0 aliphatic carbocycles. The highest BCUT2D eigenvalue weighted by Crippen LogP contribution is 2.34. The summed E-state index contributed by atoms with van der Waals surface area (Å²) in [6.45, 7) is 0.0904. The van der Waals surface area contributed by atoms with Gasteiger partial charge in [-0.1, -0.05) is 18.2 Å². The fourth-order valence-corrected chi connectivity index (χ4v) is 5.98. The Kier molecular flexibility index (Phi) is 7.01. The number of hydrogen-bond donors (Lipinski definition) is 1. The number of nitrogens with zero attached hydrogens (tertiary/aromatic N) is 3. The van der Waals surface area contributed by atoms with Gasteiger partial charge in [0, 0.05) is 18.5 Å². The summed E-state index contributed by atoms with van der Waals surface area (Å²) in [5, 5.41) is 9.56. The number of carbonyl (C=O) groups excluding carboxylic acids is 2. The van der Waals surface area contributed by atoms with Crippen molar-refractivity contribution < 1.29 is 41.0 Å². The van der Waals surface area contributed by atoms with Crippen molar-refractivity contribution >= 4 is 44.9 Å². The van der Waals surface area contributed by atoms with Crippen molar-refractivity contribution in [3.8, 4) is 0 Å². The van der Waals surface area contributed by atoms with Crippen LogP contribution in [0.15, 0.2) is 47.4 Å². The SMILES string of the molecule is O=C1c2c(/C=C/c3ccc(C(F)(F)F)cc3)nc3ccc(S(=O)(=O)N4CCOCC4)cc3c2C(=O)N1CCO. The van der Waals surface area contributed by atoms with E-state index in [1.54, 1.807) is 0 Å². The Bertz CT molecular complexity index is 1600. The summed E-state index contributed by atoms with van der Waals surface area (Å²) in [4.78, 5) is 31.8. The highest BCUT2D eigenvalue weighted by atomic mass is 32.2. The lowest BCUT2D eigenvalue weighted by molar-refractivity contribution is -0.137. The van der Waals surface area contributed by atoms with Gasteiger partial charge in [0.2, 0.25) is 10.0 Å². The number of morpholine rings is 1. The third-order valence-electron chi connectivity index (χ3n) is 6.51. The molecule has 2 amide bonds. The van der Waals surface area contributed by atoms with E-state index >= 15 is 0 Å². The lowest BCUT2D eigenvalue weighted by atomic mass is 10.0. The molecule has 1 fully saturated rings. The van der Waals surface area contributed by atoms with Gasteiger partial charge in [0.05, 0.1) is 59.2 Å². The molecule has 0 bridgehead atoms. The summed E-state index contributed by atoms with van der Waals surface area (Å²) in [5.41, 5.74) is -0.217. The van der Waals surface area contributed by atoms with Gasteiger partial charge < -0.3 is 9.84 Å². The number of rotatable bonds is 6. The van der Waals surface area contributed by atoms with Crippen molar-refractivity contribution in [2.75, 3.05) is 39.5 Å². The maximum atomic E-state index is 13.3. The van der Waals surface area contributed by atoms with Gasteiger partial charge in [-0.15, -0.1) is 0 Å². The van der Waals surface area contributed by atoms with Gasteiger partial charge in [0.15, 0.2) is 0 Å². The summed E-state index contributed by atoms with van der Waals surface area (Å²) < 4.78 is 71.6. The number of amides is 2. The van der Waals surface area contributed by atoms with Crippen LogP contribution in [0.3, 0.4) is 0 Å². The number of benzene rings is 2. The predicted octanol–water partition coefficient (Wildman–Crippen LogP) is 3.03. The Morgan fingerprint density at radius 2 is 1.64 bits per heavy atom. The number of ether oxygens (including phenoxy) is 1. The van der Waals surface area contributed by atoms with E-state index in [9.17, 15) is 36.3 Å². The summed E-state index contributed by atoms with van der Waals surface area (Å²) in [6.07, 6.45) is -1.62. The highest BCUT2D eigenvalue weighted by Gasteiger charge is 2.39. The zero-order valence-electron chi connectivity index (χ0n) is 20.3. The maximum absolute atomic E-state index is 13.3. The normalized spacial score (nSPS) is 17.0. The van der Waals surface area contributed by atoms with Crippen LogP contribution in [-0.4, -0.2) is 79.0 Å². The number of aromatic nitrogens is 1. The van der Waals surface area contributed by atoms with Gasteiger partial charge in [-0.2, -0.15) is 17.5 Å². The molecule has 3 aromatic rings. The summed E-state index contributed by atoms with van der Waals surface area (Å²) in [7, 11) is -3.91. The van der Waals surface area contributed by atoms with Crippen LogP contribution in [0.4, 0.5) is 13.2 Å². The monoisotopic (exact) mass is 561 g/mol. The third-order valence-corrected chi connectivity index (χ3v) is 8.40. The Morgan fingerprint density at radius 1 is 0.974 bits per heavy atom. The van der Waals surface area contributed by atoms with Crippen LogP contribution in [0.2, 0.25) is 0 Å². The average Bonchev–Trinajstić information content (AvgIpc) is 3.17. The fraction of sp³-hybridized carbons (Fsp3) is 0.269. The summed E-state index contributed by atoms with van der Waals surface area (Å²) in [6, 6.07) is 8.47. The van der Waals surface area contributed by atoms with Crippen LogP contribution < -0.4 is 0 Å². The number of hydrogen-bond acceptors (Lipinski definition) is 7. The zero-order valence-corrected chi connectivity index (χ0v) is 21.1. The van der Waals surface area contributed by atoms with Gasteiger partial charge in [-0.3, -0.25) is 14.5 Å². The highest BCUT2D eigenvalue weighted by molar-refractivity contribution is 7.89. The molecule has 204 valence electrons. The molecule has 5 rings (SSSR count). The molecule has 9 nitrogen and oxygen atoms in total. The molecule has 1 saturated heterocycles. The minimum atomic E-state index is -4.49. The number of β-amino-alcohol motifs (C(OH)–C–C–N with tert-alkyl or cyclic N) is 1. The Hall–Kier alpha value is -3.65. The number of fused-ring (bicyclic) bond motifs is 3. The van der Waals surface area contributed by atoms with E-state index < -0.39 is 40.2 Å². The molecule has 1 aromatic heterocycles. The van der Waals surface area contributed by atoms with Crippen molar-refractivity contribution in [2.45, 2.75) is 11.1 Å². The van der Waals surface area contributed by atoms with Crippen LogP contribution in [0.1, 0.15) is 37.5 Å².